The van der Waals surface area contributed by atoms with Crippen LogP contribution in [0.4, 0.5) is 0 Å². The molecule has 0 aromatic heterocycles. The van der Waals surface area contributed by atoms with Crippen LogP contribution in [0.2, 0.25) is 0 Å². The second-order valence-corrected chi connectivity index (χ2v) is 3.89. The van der Waals surface area contributed by atoms with Crippen molar-refractivity contribution in [1.82, 2.24) is 10.2 Å². The number of nitrogens with one attached hydrogen (secondary N) is 1. The minimum Gasteiger partial charge on any atom is -0.394 e. The van der Waals surface area contributed by atoms with Crippen molar-refractivity contribution in [3.8, 4) is 0 Å². The summed E-state index contributed by atoms with van der Waals surface area (Å²) in [6, 6.07) is 0. The summed E-state index contributed by atoms with van der Waals surface area (Å²) < 4.78 is 0. The van der Waals surface area contributed by atoms with E-state index < -0.39 is 11.4 Å². The molecule has 5 nitrogen and oxygen atoms in total. The minimum absolute atomic E-state index is 0.220. The smallest absolute Gasteiger partial charge is 0.240 e. The average Bonchev–Trinajstić information content (AvgIpc) is 2.44. The molecule has 4 N–H and O–H groups in total. The highest BCUT2D eigenvalue weighted by atomic mass is 16.3. The zero-order valence-electron chi connectivity index (χ0n) is 8.62. The molecule has 1 unspecified atom stereocenters. The number of hydrogen-bond acceptors (Lipinski definition) is 4. The molecule has 0 radical (unpaired) electrons. The molecule has 0 bridgehead atoms. The first-order chi connectivity index (χ1) is 6.61. The fourth-order valence-corrected chi connectivity index (χ4v) is 1.67. The van der Waals surface area contributed by atoms with E-state index in [0.29, 0.717) is 0 Å². The van der Waals surface area contributed by atoms with E-state index in [2.05, 4.69) is 5.32 Å². The first kappa shape index (κ1) is 11.4. The molecule has 0 aliphatic carbocycles. The molecule has 0 spiro atoms. The first-order valence-electron chi connectivity index (χ1n) is 4.98. The van der Waals surface area contributed by atoms with E-state index in [1.54, 1.807) is 6.92 Å². The Morgan fingerprint density at radius 2 is 2.29 bits per heavy atom. The summed E-state index contributed by atoms with van der Waals surface area (Å²) >= 11 is 0. The molecule has 5 heteroatoms. The van der Waals surface area contributed by atoms with Gasteiger partial charge in [0.05, 0.1) is 6.61 Å². The van der Waals surface area contributed by atoms with Crippen LogP contribution in [0.15, 0.2) is 0 Å². The highest BCUT2D eigenvalue weighted by Crippen LogP contribution is 2.15. The molecule has 1 amide bonds. The van der Waals surface area contributed by atoms with Crippen LogP contribution in [0, 0.1) is 0 Å². The predicted octanol–water partition coefficient (Wildman–Crippen LogP) is -1.48. The van der Waals surface area contributed by atoms with Gasteiger partial charge in [0.25, 0.3) is 0 Å². The van der Waals surface area contributed by atoms with Crippen molar-refractivity contribution in [2.45, 2.75) is 18.9 Å². The highest BCUT2D eigenvalue weighted by molar-refractivity contribution is 5.84. The number of nitrogens with two attached hydrogens (primary N) is 1. The van der Waals surface area contributed by atoms with Gasteiger partial charge in [0, 0.05) is 19.6 Å². The molecule has 1 aliphatic heterocycles. The van der Waals surface area contributed by atoms with Crippen molar-refractivity contribution in [1.29, 1.82) is 0 Å². The third kappa shape index (κ3) is 2.23. The fourth-order valence-electron chi connectivity index (χ4n) is 1.67. The Morgan fingerprint density at radius 3 is 2.86 bits per heavy atom. The summed E-state index contributed by atoms with van der Waals surface area (Å²) in [7, 11) is 0. The van der Waals surface area contributed by atoms with Gasteiger partial charge in [0.2, 0.25) is 5.91 Å². The topological polar surface area (TPSA) is 78.6 Å². The monoisotopic (exact) mass is 201 g/mol. The molecule has 0 aromatic carbocycles. The van der Waals surface area contributed by atoms with Gasteiger partial charge in [-0.25, -0.2) is 0 Å². The van der Waals surface area contributed by atoms with Gasteiger partial charge < -0.3 is 16.2 Å². The highest BCUT2D eigenvalue weighted by Gasteiger charge is 2.37. The SMILES string of the molecule is CC(CO)(C(N)=O)N1CCCNCC1. The van der Waals surface area contributed by atoms with Gasteiger partial charge in [0.15, 0.2) is 0 Å². The molecule has 82 valence electrons. The summed E-state index contributed by atoms with van der Waals surface area (Å²) in [4.78, 5) is 13.2. The molecule has 1 heterocycles. The number of carbonyl (C=O) groups is 1. The van der Waals surface area contributed by atoms with Gasteiger partial charge in [-0.15, -0.1) is 0 Å². The number of aliphatic hydroxyl groups is 1. The lowest BCUT2D eigenvalue weighted by molar-refractivity contribution is -0.131. The summed E-state index contributed by atoms with van der Waals surface area (Å²) in [5, 5.41) is 12.5. The number of amides is 1. The van der Waals surface area contributed by atoms with Gasteiger partial charge in [-0.05, 0) is 19.9 Å². The van der Waals surface area contributed by atoms with Crippen LogP contribution in [-0.4, -0.2) is 54.2 Å². The molecule has 1 rings (SSSR count). The summed E-state index contributed by atoms with van der Waals surface area (Å²) in [6.07, 6.45) is 0.975. The number of nitrogens with zero attached hydrogens (tertiary/aromatic N) is 1. The maximum absolute atomic E-state index is 11.3. The van der Waals surface area contributed by atoms with E-state index in [1.807, 2.05) is 4.90 Å². The van der Waals surface area contributed by atoms with Crippen molar-refractivity contribution < 1.29 is 9.90 Å². The van der Waals surface area contributed by atoms with Crippen molar-refractivity contribution >= 4 is 5.91 Å². The average molecular weight is 201 g/mol. The van der Waals surface area contributed by atoms with Crippen molar-refractivity contribution in [2.75, 3.05) is 32.8 Å². The van der Waals surface area contributed by atoms with Gasteiger partial charge in [0.1, 0.15) is 5.54 Å². The van der Waals surface area contributed by atoms with Gasteiger partial charge >= 0.3 is 0 Å². The van der Waals surface area contributed by atoms with Crippen LogP contribution in [0.25, 0.3) is 0 Å². The molecular formula is C9H19N3O2. The quantitative estimate of drug-likeness (QED) is 0.520. The predicted molar refractivity (Wildman–Crippen MR) is 53.7 cm³/mol. The molecule has 0 aromatic rings. The number of primary amides is 1. The van der Waals surface area contributed by atoms with E-state index in [-0.39, 0.29) is 6.61 Å². The Balaban J connectivity index is 2.71. The van der Waals surface area contributed by atoms with E-state index in [4.69, 9.17) is 5.73 Å². The normalized spacial score (nSPS) is 23.9. The van der Waals surface area contributed by atoms with Crippen LogP contribution in [0.3, 0.4) is 0 Å². The fraction of sp³-hybridized carbons (Fsp3) is 0.889. The largest absolute Gasteiger partial charge is 0.394 e. The molecular weight excluding hydrogens is 182 g/mol. The minimum atomic E-state index is -0.911. The lowest BCUT2D eigenvalue weighted by Gasteiger charge is -2.36. The lowest BCUT2D eigenvalue weighted by atomic mass is 10.00. The van der Waals surface area contributed by atoms with Gasteiger partial charge in [-0.1, -0.05) is 0 Å². The summed E-state index contributed by atoms with van der Waals surface area (Å²) in [6.45, 7) is 4.82. The Bertz CT molecular complexity index is 202. The molecule has 1 atom stereocenters. The third-order valence-electron chi connectivity index (χ3n) is 2.88. The van der Waals surface area contributed by atoms with Crippen LogP contribution >= 0.6 is 0 Å². The Hall–Kier alpha value is -0.650. The second kappa shape index (κ2) is 4.72. The first-order valence-corrected chi connectivity index (χ1v) is 4.98. The van der Waals surface area contributed by atoms with Gasteiger partial charge in [-0.2, -0.15) is 0 Å². The maximum atomic E-state index is 11.3. The molecule has 1 saturated heterocycles. The molecule has 1 aliphatic rings. The molecule has 1 fully saturated rings. The number of carbonyl (C=O) groups excluding carboxylic acids is 1. The van der Waals surface area contributed by atoms with Crippen LogP contribution in [-0.2, 0) is 4.79 Å². The Labute approximate surface area is 84.3 Å². The van der Waals surface area contributed by atoms with Crippen LogP contribution in [0.5, 0.6) is 0 Å². The third-order valence-corrected chi connectivity index (χ3v) is 2.88. The van der Waals surface area contributed by atoms with Crippen molar-refractivity contribution in [3.63, 3.8) is 0 Å². The lowest BCUT2D eigenvalue weighted by Crippen LogP contribution is -2.58. The van der Waals surface area contributed by atoms with E-state index in [1.165, 1.54) is 0 Å². The zero-order valence-corrected chi connectivity index (χ0v) is 8.62. The van der Waals surface area contributed by atoms with E-state index in [9.17, 15) is 9.90 Å². The Kier molecular flexibility index (Phi) is 3.86. The van der Waals surface area contributed by atoms with Crippen molar-refractivity contribution in [3.05, 3.63) is 0 Å². The van der Waals surface area contributed by atoms with E-state index in [0.717, 1.165) is 32.6 Å². The number of aliphatic hydroxyl groups excluding tert-OH is 1. The number of hydrogen-bond donors (Lipinski definition) is 3. The summed E-state index contributed by atoms with van der Waals surface area (Å²) in [5.74, 6) is -0.457. The number of rotatable bonds is 3. The zero-order chi connectivity index (χ0) is 10.6. The molecule has 14 heavy (non-hydrogen) atoms. The van der Waals surface area contributed by atoms with Crippen molar-refractivity contribution in [2.24, 2.45) is 5.73 Å². The van der Waals surface area contributed by atoms with E-state index >= 15 is 0 Å². The molecule has 0 saturated carbocycles. The van der Waals surface area contributed by atoms with Gasteiger partial charge in [-0.3, -0.25) is 9.69 Å². The van der Waals surface area contributed by atoms with Crippen LogP contribution < -0.4 is 11.1 Å². The standard InChI is InChI=1S/C9H19N3O2/c1-9(7-13,8(10)14)12-5-2-3-11-4-6-12/h11,13H,2-7H2,1H3,(H2,10,14). The maximum Gasteiger partial charge on any atom is 0.240 e. The summed E-state index contributed by atoms with van der Waals surface area (Å²) in [5.41, 5.74) is 4.39. The second-order valence-electron chi connectivity index (χ2n) is 3.89. The van der Waals surface area contributed by atoms with Crippen LogP contribution in [0.1, 0.15) is 13.3 Å². The Morgan fingerprint density at radius 1 is 1.57 bits per heavy atom.